The summed E-state index contributed by atoms with van der Waals surface area (Å²) in [5, 5.41) is 3.85. The third-order valence-corrected chi connectivity index (χ3v) is 9.89. The molecule has 0 radical (unpaired) electrons. The zero-order valence-electron chi connectivity index (χ0n) is 23.9. The fraction of sp³-hybridized carbons (Fsp3) is 0.517. The van der Waals surface area contributed by atoms with Crippen molar-refractivity contribution in [3.63, 3.8) is 0 Å². The molecule has 1 aliphatic carbocycles. The maximum Gasteiger partial charge on any atom is 0.304 e. The first-order valence-electron chi connectivity index (χ1n) is 13.7. The van der Waals surface area contributed by atoms with Gasteiger partial charge in [-0.1, -0.05) is 67.6 Å². The van der Waals surface area contributed by atoms with Gasteiger partial charge in [-0.3, -0.25) is 9.59 Å². The smallest absolute Gasteiger partial charge is 0.304 e. The van der Waals surface area contributed by atoms with E-state index in [2.05, 4.69) is 5.32 Å². The summed E-state index contributed by atoms with van der Waals surface area (Å²) in [4.78, 5) is 29.2. The Bertz CT molecular complexity index is 1290. The molecular formula is C29H40Cl2N4O4S. The lowest BCUT2D eigenvalue weighted by Crippen LogP contribution is -2.54. The van der Waals surface area contributed by atoms with Crippen molar-refractivity contribution in [2.45, 2.75) is 77.9 Å². The van der Waals surface area contributed by atoms with Crippen molar-refractivity contribution in [1.82, 2.24) is 14.5 Å². The minimum absolute atomic E-state index is 0.0451. The third kappa shape index (κ3) is 7.69. The van der Waals surface area contributed by atoms with Gasteiger partial charge in [-0.2, -0.15) is 12.7 Å². The fourth-order valence-corrected chi connectivity index (χ4v) is 6.64. The Kier molecular flexibility index (Phi) is 11.3. The van der Waals surface area contributed by atoms with E-state index in [4.69, 9.17) is 23.2 Å². The van der Waals surface area contributed by atoms with Gasteiger partial charge < -0.3 is 10.2 Å². The van der Waals surface area contributed by atoms with Crippen LogP contribution in [0.25, 0.3) is 0 Å². The number of hydrogen-bond acceptors (Lipinski definition) is 4. The van der Waals surface area contributed by atoms with Crippen LogP contribution in [-0.4, -0.2) is 62.2 Å². The van der Waals surface area contributed by atoms with Gasteiger partial charge in [0.1, 0.15) is 12.6 Å². The molecule has 3 rings (SSSR count). The topological polar surface area (TPSA) is 90.0 Å². The lowest BCUT2D eigenvalue weighted by Gasteiger charge is -2.35. The van der Waals surface area contributed by atoms with Crippen molar-refractivity contribution in [2.24, 2.45) is 0 Å². The predicted molar refractivity (Wildman–Crippen MR) is 162 cm³/mol. The van der Waals surface area contributed by atoms with Crippen molar-refractivity contribution in [3.8, 4) is 0 Å². The Morgan fingerprint density at radius 3 is 2.23 bits per heavy atom. The van der Waals surface area contributed by atoms with E-state index in [9.17, 15) is 18.0 Å². The molecule has 2 aromatic rings. The number of carbonyl (C=O) groups is 2. The molecule has 2 amide bonds. The van der Waals surface area contributed by atoms with Crippen LogP contribution in [0.2, 0.25) is 10.0 Å². The lowest BCUT2D eigenvalue weighted by atomic mass is 9.95. The highest BCUT2D eigenvalue weighted by Crippen LogP contribution is 2.29. The minimum atomic E-state index is -4.06. The molecule has 1 saturated carbocycles. The Labute approximate surface area is 248 Å². The number of nitrogens with one attached hydrogen (secondary N) is 1. The van der Waals surface area contributed by atoms with Gasteiger partial charge in [0.2, 0.25) is 11.8 Å². The number of nitrogens with zero attached hydrogens (tertiary/aromatic N) is 3. The summed E-state index contributed by atoms with van der Waals surface area (Å²) >= 11 is 13.0. The molecule has 0 spiro atoms. The molecule has 0 heterocycles. The SMILES string of the molecule is CC[C@H](C(=O)NC1CCCCC1)N(Cc1c(Cl)cccc1Cl)C(=O)CN(c1cc(C)ccc1C)S(=O)(=O)N(C)C. The van der Waals surface area contributed by atoms with E-state index < -0.39 is 28.7 Å². The normalized spacial score (nSPS) is 15.1. The van der Waals surface area contributed by atoms with Crippen LogP contribution in [0.5, 0.6) is 0 Å². The molecular weight excluding hydrogens is 571 g/mol. The van der Waals surface area contributed by atoms with Crippen molar-refractivity contribution in [1.29, 1.82) is 0 Å². The van der Waals surface area contributed by atoms with Crippen LogP contribution in [0.15, 0.2) is 36.4 Å². The zero-order valence-corrected chi connectivity index (χ0v) is 26.2. The molecule has 0 bridgehead atoms. The third-order valence-electron chi connectivity index (χ3n) is 7.38. The van der Waals surface area contributed by atoms with Crippen molar-refractivity contribution in [3.05, 3.63) is 63.1 Å². The second-order valence-electron chi connectivity index (χ2n) is 10.6. The van der Waals surface area contributed by atoms with E-state index in [-0.39, 0.29) is 18.5 Å². The van der Waals surface area contributed by atoms with Crippen LogP contribution in [0.1, 0.15) is 62.1 Å². The largest absolute Gasteiger partial charge is 0.352 e. The van der Waals surface area contributed by atoms with Gasteiger partial charge >= 0.3 is 10.2 Å². The number of aryl methyl sites for hydroxylation is 2. The fourth-order valence-electron chi connectivity index (χ4n) is 5.01. The van der Waals surface area contributed by atoms with Crippen LogP contribution in [0.3, 0.4) is 0 Å². The van der Waals surface area contributed by atoms with Crippen LogP contribution < -0.4 is 9.62 Å². The van der Waals surface area contributed by atoms with Gasteiger partial charge in [0.15, 0.2) is 0 Å². The first kappa shape index (κ1) is 32.2. The van der Waals surface area contributed by atoms with E-state index in [1.54, 1.807) is 31.2 Å². The van der Waals surface area contributed by atoms with Crippen molar-refractivity contribution >= 4 is 50.9 Å². The molecule has 1 aliphatic rings. The number of carbonyl (C=O) groups excluding carboxylic acids is 2. The monoisotopic (exact) mass is 610 g/mol. The predicted octanol–water partition coefficient (Wildman–Crippen LogP) is 5.48. The molecule has 0 unspecified atom stereocenters. The number of halogens is 2. The van der Waals surface area contributed by atoms with Crippen molar-refractivity contribution < 1.29 is 18.0 Å². The molecule has 0 saturated heterocycles. The molecule has 11 heteroatoms. The summed E-state index contributed by atoms with van der Waals surface area (Å²) in [6, 6.07) is 9.71. The Morgan fingerprint density at radius 1 is 1.02 bits per heavy atom. The summed E-state index contributed by atoms with van der Waals surface area (Å²) in [5.41, 5.74) is 2.45. The highest BCUT2D eigenvalue weighted by Gasteiger charge is 2.35. The average molecular weight is 612 g/mol. The van der Waals surface area contributed by atoms with E-state index in [0.29, 0.717) is 33.3 Å². The van der Waals surface area contributed by atoms with Crippen LogP contribution >= 0.6 is 23.2 Å². The zero-order chi connectivity index (χ0) is 29.6. The van der Waals surface area contributed by atoms with Crippen LogP contribution in [0, 0.1) is 13.8 Å². The number of rotatable bonds is 11. The van der Waals surface area contributed by atoms with Crippen molar-refractivity contribution in [2.75, 3.05) is 24.9 Å². The quantitative estimate of drug-likeness (QED) is 0.365. The van der Waals surface area contributed by atoms with Gasteiger partial charge in [0.05, 0.1) is 5.69 Å². The molecule has 220 valence electrons. The molecule has 8 nitrogen and oxygen atoms in total. The minimum Gasteiger partial charge on any atom is -0.352 e. The first-order chi connectivity index (χ1) is 18.9. The second kappa shape index (κ2) is 14.0. The summed E-state index contributed by atoms with van der Waals surface area (Å²) in [6.07, 6.45) is 5.37. The van der Waals surface area contributed by atoms with E-state index in [1.807, 2.05) is 26.0 Å². The molecule has 0 aliphatic heterocycles. The number of amides is 2. The Morgan fingerprint density at radius 2 is 1.65 bits per heavy atom. The van der Waals surface area contributed by atoms with E-state index in [0.717, 1.165) is 46.3 Å². The number of anilines is 1. The van der Waals surface area contributed by atoms with E-state index in [1.165, 1.54) is 19.0 Å². The van der Waals surface area contributed by atoms with Gasteiger partial charge in [-0.05, 0) is 62.4 Å². The Hall–Kier alpha value is -2.33. The number of benzene rings is 2. The Balaban J connectivity index is 2.04. The summed E-state index contributed by atoms with van der Waals surface area (Å²) in [5.74, 6) is -0.798. The maximum atomic E-state index is 14.2. The summed E-state index contributed by atoms with van der Waals surface area (Å²) < 4.78 is 29.2. The lowest BCUT2D eigenvalue weighted by molar-refractivity contribution is -0.140. The van der Waals surface area contributed by atoms with Crippen LogP contribution in [0.4, 0.5) is 5.69 Å². The highest BCUT2D eigenvalue weighted by atomic mass is 35.5. The summed E-state index contributed by atoms with van der Waals surface area (Å²) in [7, 11) is -1.21. The summed E-state index contributed by atoms with van der Waals surface area (Å²) in [6.45, 7) is 4.94. The molecule has 1 N–H and O–H groups in total. The first-order valence-corrected chi connectivity index (χ1v) is 15.8. The van der Waals surface area contributed by atoms with Gasteiger partial charge in [-0.25, -0.2) is 4.31 Å². The standard InChI is InChI=1S/C29H40Cl2N4O4S/c1-6-26(29(37)32-22-11-8-7-9-12-22)34(18-23-24(30)13-10-14-25(23)31)28(36)19-35(40(38,39)33(4)5)27-17-20(2)15-16-21(27)3/h10,13-17,22,26H,6-9,11-12,18-19H2,1-5H3,(H,32,37)/t26-/m1/s1. The molecule has 1 fully saturated rings. The number of hydrogen-bond donors (Lipinski definition) is 1. The molecule has 0 aromatic heterocycles. The molecule has 40 heavy (non-hydrogen) atoms. The molecule has 2 aromatic carbocycles. The average Bonchev–Trinajstić information content (AvgIpc) is 2.90. The van der Waals surface area contributed by atoms with E-state index >= 15 is 0 Å². The maximum absolute atomic E-state index is 14.2. The van der Waals surface area contributed by atoms with Gasteiger partial charge in [0.25, 0.3) is 0 Å². The van der Waals surface area contributed by atoms with Crippen LogP contribution in [-0.2, 0) is 26.3 Å². The molecule has 1 atom stereocenters. The highest BCUT2D eigenvalue weighted by molar-refractivity contribution is 7.90. The van der Waals surface area contributed by atoms with Gasteiger partial charge in [0, 0.05) is 42.3 Å². The van der Waals surface area contributed by atoms with Gasteiger partial charge in [-0.15, -0.1) is 0 Å². The second-order valence-corrected chi connectivity index (χ2v) is 13.5.